The number of ether oxygens (including phenoxy) is 2. The Labute approximate surface area is 232 Å². The first kappa shape index (κ1) is 28.8. The van der Waals surface area contributed by atoms with E-state index in [4.69, 9.17) is 32.7 Å². The molecular formula is C27H31Cl2NO7S. The zero-order valence-electron chi connectivity index (χ0n) is 21.0. The van der Waals surface area contributed by atoms with Gasteiger partial charge in [-0.25, -0.2) is 8.42 Å². The summed E-state index contributed by atoms with van der Waals surface area (Å²) in [6.45, 7) is 2.58. The lowest BCUT2D eigenvalue weighted by Crippen LogP contribution is -2.57. The average molecular weight is 585 g/mol. The first-order valence-corrected chi connectivity index (χ1v) is 15.1. The number of hydrogen-bond donors (Lipinski definition) is 1. The van der Waals surface area contributed by atoms with Gasteiger partial charge in [-0.15, -0.1) is 0 Å². The molecule has 1 amide bonds. The smallest absolute Gasteiger partial charge is 0.306 e. The van der Waals surface area contributed by atoms with E-state index in [9.17, 15) is 23.1 Å². The predicted octanol–water partition coefficient (Wildman–Crippen LogP) is 4.85. The van der Waals surface area contributed by atoms with Crippen LogP contribution in [-0.4, -0.2) is 66.7 Å². The molecule has 0 radical (unpaired) electrons. The largest absolute Gasteiger partial charge is 0.481 e. The first-order chi connectivity index (χ1) is 18.1. The van der Waals surface area contributed by atoms with Crippen LogP contribution >= 0.6 is 23.2 Å². The summed E-state index contributed by atoms with van der Waals surface area (Å²) in [6.07, 6.45) is -1.48. The molecule has 1 N–H and O–H groups in total. The summed E-state index contributed by atoms with van der Waals surface area (Å²) in [5.74, 6) is -1.99. The zero-order valence-corrected chi connectivity index (χ0v) is 23.3. The fourth-order valence-corrected chi connectivity index (χ4v) is 7.67. The number of morpholine rings is 1. The maximum atomic E-state index is 13.9. The molecule has 0 spiro atoms. The second kappa shape index (κ2) is 12.3. The minimum absolute atomic E-state index is 0.244. The van der Waals surface area contributed by atoms with Crippen LogP contribution in [-0.2, 0) is 28.9 Å². The molecule has 2 aromatic carbocycles. The Morgan fingerprint density at radius 1 is 1.08 bits per heavy atom. The van der Waals surface area contributed by atoms with Gasteiger partial charge in [0.2, 0.25) is 0 Å². The molecule has 11 heteroatoms. The number of sulfone groups is 1. The molecule has 2 heterocycles. The van der Waals surface area contributed by atoms with Gasteiger partial charge in [0.25, 0.3) is 5.91 Å². The highest BCUT2D eigenvalue weighted by molar-refractivity contribution is 7.92. The van der Waals surface area contributed by atoms with Crippen molar-refractivity contribution in [2.24, 2.45) is 0 Å². The molecular weight excluding hydrogens is 553 g/mol. The zero-order chi connectivity index (χ0) is 27.4. The highest BCUT2D eigenvalue weighted by atomic mass is 35.5. The van der Waals surface area contributed by atoms with E-state index in [1.807, 2.05) is 6.92 Å². The first-order valence-electron chi connectivity index (χ1n) is 12.6. The highest BCUT2D eigenvalue weighted by Crippen LogP contribution is 2.45. The van der Waals surface area contributed by atoms with E-state index in [1.54, 1.807) is 48.5 Å². The Balaban J connectivity index is 1.81. The number of carbonyl (C=O) groups is 2. The maximum Gasteiger partial charge on any atom is 0.306 e. The third-order valence-electron chi connectivity index (χ3n) is 7.14. The molecule has 2 unspecified atom stereocenters. The van der Waals surface area contributed by atoms with Gasteiger partial charge < -0.3 is 19.5 Å². The topological polar surface area (TPSA) is 110 Å². The van der Waals surface area contributed by atoms with Crippen molar-refractivity contribution in [2.75, 3.05) is 19.0 Å². The molecule has 0 saturated carbocycles. The predicted molar refractivity (Wildman–Crippen MR) is 144 cm³/mol. The second-order valence-corrected chi connectivity index (χ2v) is 12.8. The molecule has 0 aliphatic carbocycles. The quantitative estimate of drug-likeness (QED) is 0.449. The fraction of sp³-hybridized carbons (Fsp3) is 0.481. The van der Waals surface area contributed by atoms with Crippen LogP contribution in [0.25, 0.3) is 0 Å². The number of aliphatic carboxylic acids is 1. The normalized spacial score (nSPS) is 23.8. The Hall–Kier alpha value is -2.17. The van der Waals surface area contributed by atoms with E-state index >= 15 is 0 Å². The molecule has 2 aliphatic heterocycles. The summed E-state index contributed by atoms with van der Waals surface area (Å²) in [7, 11) is -3.58. The van der Waals surface area contributed by atoms with E-state index in [2.05, 4.69) is 0 Å². The summed E-state index contributed by atoms with van der Waals surface area (Å²) >= 11 is 12.4. The molecule has 0 bridgehead atoms. The van der Waals surface area contributed by atoms with Crippen molar-refractivity contribution in [1.29, 1.82) is 0 Å². The van der Waals surface area contributed by atoms with E-state index in [0.717, 1.165) is 0 Å². The van der Waals surface area contributed by atoms with Crippen LogP contribution < -0.4 is 0 Å². The molecule has 38 heavy (non-hydrogen) atoms. The highest BCUT2D eigenvalue weighted by Gasteiger charge is 2.48. The van der Waals surface area contributed by atoms with E-state index < -0.39 is 57.7 Å². The summed E-state index contributed by atoms with van der Waals surface area (Å²) in [4.78, 5) is 27.1. The van der Waals surface area contributed by atoms with E-state index in [0.29, 0.717) is 53.6 Å². The molecule has 8 nitrogen and oxygen atoms in total. The number of benzene rings is 2. The standard InChI is InChI=1S/C27H31Cl2NO7S/c1-2-21(16-38(34,35)22-10-12-36-13-11-22)30-25(17-6-8-19(28)9-7-17)26(18-4-3-5-20(29)14-18)37-23(27(30)33)15-24(31)32/h3-9,14,21-23,25-26H,2,10-13,15-16H2,1H3,(H,31,32)/t21-,23+,25?,26?/m0/s1. The van der Waals surface area contributed by atoms with Crippen LogP contribution in [0.3, 0.4) is 0 Å². The van der Waals surface area contributed by atoms with Crippen LogP contribution in [0.5, 0.6) is 0 Å². The number of carboxylic acid groups (broad SMARTS) is 1. The number of hydrogen-bond acceptors (Lipinski definition) is 6. The van der Waals surface area contributed by atoms with Crippen molar-refractivity contribution in [3.8, 4) is 0 Å². The molecule has 4 rings (SSSR count). The van der Waals surface area contributed by atoms with Crippen molar-refractivity contribution < 1.29 is 32.6 Å². The van der Waals surface area contributed by atoms with Gasteiger partial charge in [-0.05, 0) is 54.7 Å². The SMILES string of the molecule is CC[C@@H](CS(=O)(=O)C1CCOCC1)N1C(=O)[C@@H](CC(=O)O)OC(c2cccc(Cl)c2)C1c1ccc(Cl)cc1. The van der Waals surface area contributed by atoms with Crippen LogP contribution in [0.1, 0.15) is 55.9 Å². The van der Waals surface area contributed by atoms with Crippen LogP contribution in [0.15, 0.2) is 48.5 Å². The number of nitrogens with zero attached hydrogens (tertiary/aromatic N) is 1. The van der Waals surface area contributed by atoms with Gasteiger partial charge in [-0.3, -0.25) is 9.59 Å². The number of carbonyl (C=O) groups excluding carboxylic acids is 1. The number of halogens is 2. The number of carboxylic acids is 1. The van der Waals surface area contributed by atoms with Gasteiger partial charge in [-0.2, -0.15) is 0 Å². The van der Waals surface area contributed by atoms with Crippen molar-refractivity contribution in [1.82, 2.24) is 4.90 Å². The van der Waals surface area contributed by atoms with Crippen LogP contribution in [0.4, 0.5) is 0 Å². The second-order valence-electron chi connectivity index (χ2n) is 9.64. The molecule has 2 fully saturated rings. The number of amides is 1. The van der Waals surface area contributed by atoms with Gasteiger partial charge in [-0.1, -0.05) is 54.4 Å². The van der Waals surface area contributed by atoms with Gasteiger partial charge >= 0.3 is 5.97 Å². The van der Waals surface area contributed by atoms with Crippen molar-refractivity contribution in [2.45, 2.75) is 62.1 Å². The van der Waals surface area contributed by atoms with E-state index in [-0.39, 0.29) is 5.75 Å². The Morgan fingerprint density at radius 2 is 1.76 bits per heavy atom. The third-order valence-corrected chi connectivity index (χ3v) is 9.97. The summed E-state index contributed by atoms with van der Waals surface area (Å²) in [5, 5.41) is 9.95. The van der Waals surface area contributed by atoms with Gasteiger partial charge in [0.15, 0.2) is 9.84 Å². The fourth-order valence-electron chi connectivity index (χ4n) is 5.23. The summed E-state index contributed by atoms with van der Waals surface area (Å²) in [5.41, 5.74) is 1.33. The lowest BCUT2D eigenvalue weighted by molar-refractivity contribution is -0.182. The van der Waals surface area contributed by atoms with Crippen molar-refractivity contribution in [3.05, 3.63) is 69.7 Å². The van der Waals surface area contributed by atoms with Gasteiger partial charge in [0.05, 0.1) is 23.5 Å². The Morgan fingerprint density at radius 3 is 2.37 bits per heavy atom. The molecule has 2 aromatic rings. The van der Waals surface area contributed by atoms with Crippen LogP contribution in [0.2, 0.25) is 10.0 Å². The lowest BCUT2D eigenvalue weighted by atomic mass is 9.89. The monoisotopic (exact) mass is 583 g/mol. The Bertz CT molecular complexity index is 1250. The lowest BCUT2D eigenvalue weighted by Gasteiger charge is -2.48. The maximum absolute atomic E-state index is 13.9. The van der Waals surface area contributed by atoms with Crippen LogP contribution in [0, 0.1) is 0 Å². The molecule has 4 atom stereocenters. The third kappa shape index (κ3) is 6.51. The molecule has 2 saturated heterocycles. The van der Waals surface area contributed by atoms with Crippen molar-refractivity contribution >= 4 is 44.9 Å². The molecule has 2 aliphatic rings. The molecule has 206 valence electrons. The molecule has 0 aromatic heterocycles. The van der Waals surface area contributed by atoms with E-state index in [1.165, 1.54) is 4.90 Å². The average Bonchev–Trinajstić information content (AvgIpc) is 2.89. The summed E-state index contributed by atoms with van der Waals surface area (Å²) in [6, 6.07) is 12.4. The Kier molecular flexibility index (Phi) is 9.36. The summed E-state index contributed by atoms with van der Waals surface area (Å²) < 4.78 is 38.5. The van der Waals surface area contributed by atoms with Crippen molar-refractivity contribution in [3.63, 3.8) is 0 Å². The number of rotatable bonds is 9. The minimum atomic E-state index is -3.58. The van der Waals surface area contributed by atoms with Gasteiger partial charge in [0, 0.05) is 29.3 Å². The minimum Gasteiger partial charge on any atom is -0.481 e. The van der Waals surface area contributed by atoms with Gasteiger partial charge in [0.1, 0.15) is 12.2 Å².